The minimum absolute atomic E-state index is 0.143. The van der Waals surface area contributed by atoms with E-state index >= 15 is 0 Å². The van der Waals surface area contributed by atoms with Crippen LogP contribution in [0.25, 0.3) is 11.3 Å². The molecule has 0 saturated carbocycles. The number of anilines is 2. The van der Waals surface area contributed by atoms with Gasteiger partial charge in [0.25, 0.3) is 0 Å². The van der Waals surface area contributed by atoms with Crippen LogP contribution in [-0.2, 0) is 9.59 Å². The summed E-state index contributed by atoms with van der Waals surface area (Å²) >= 11 is 1.25. The highest BCUT2D eigenvalue weighted by atomic mass is 32.1. The van der Waals surface area contributed by atoms with Crippen LogP contribution in [0.2, 0.25) is 0 Å². The van der Waals surface area contributed by atoms with E-state index in [1.165, 1.54) is 24.3 Å². The average molecular weight is 439 g/mol. The SMILES string of the molecule is CC(=O)Nc1ccc(-c2csc(NC(=O)C(c3ccccc3)N3CCCC3)n2)c(F)c1. The van der Waals surface area contributed by atoms with Crippen molar-refractivity contribution in [3.05, 3.63) is 65.3 Å². The molecule has 1 aliphatic rings. The Hall–Kier alpha value is -3.10. The largest absolute Gasteiger partial charge is 0.326 e. The van der Waals surface area contributed by atoms with Gasteiger partial charge in [-0.15, -0.1) is 11.3 Å². The van der Waals surface area contributed by atoms with E-state index in [-0.39, 0.29) is 17.9 Å². The Morgan fingerprint density at radius 3 is 2.52 bits per heavy atom. The Bertz CT molecular complexity index is 1080. The first-order valence-electron chi connectivity index (χ1n) is 10.1. The number of amides is 2. The summed E-state index contributed by atoms with van der Waals surface area (Å²) in [6.45, 7) is 3.12. The summed E-state index contributed by atoms with van der Waals surface area (Å²) in [7, 11) is 0. The van der Waals surface area contributed by atoms with E-state index in [1.54, 1.807) is 17.5 Å². The molecule has 2 N–H and O–H groups in total. The van der Waals surface area contributed by atoms with Gasteiger partial charge in [0.05, 0.1) is 5.69 Å². The van der Waals surface area contributed by atoms with Crippen LogP contribution in [0, 0.1) is 5.82 Å². The maximum absolute atomic E-state index is 14.5. The Balaban J connectivity index is 1.52. The van der Waals surface area contributed by atoms with Gasteiger partial charge in [-0.1, -0.05) is 30.3 Å². The number of rotatable bonds is 6. The Labute approximate surface area is 184 Å². The molecule has 1 aromatic heterocycles. The first-order valence-corrected chi connectivity index (χ1v) is 11.0. The molecule has 3 aromatic rings. The van der Waals surface area contributed by atoms with Crippen molar-refractivity contribution in [2.24, 2.45) is 0 Å². The zero-order valence-corrected chi connectivity index (χ0v) is 17.9. The van der Waals surface area contributed by atoms with Gasteiger partial charge >= 0.3 is 0 Å². The number of carbonyl (C=O) groups excluding carboxylic acids is 2. The van der Waals surface area contributed by atoms with Crippen LogP contribution in [0.5, 0.6) is 0 Å². The molecule has 2 heterocycles. The van der Waals surface area contributed by atoms with Gasteiger partial charge in [0.1, 0.15) is 11.9 Å². The molecule has 1 atom stereocenters. The number of hydrogen-bond donors (Lipinski definition) is 2. The van der Waals surface area contributed by atoms with E-state index in [0.717, 1.165) is 31.5 Å². The second kappa shape index (κ2) is 9.36. The summed E-state index contributed by atoms with van der Waals surface area (Å²) in [6.07, 6.45) is 2.15. The van der Waals surface area contributed by atoms with Crippen molar-refractivity contribution in [2.75, 3.05) is 23.7 Å². The molecule has 1 saturated heterocycles. The predicted octanol–water partition coefficient (Wildman–Crippen LogP) is 4.68. The molecule has 0 spiro atoms. The van der Waals surface area contributed by atoms with E-state index < -0.39 is 5.82 Å². The van der Waals surface area contributed by atoms with Crippen LogP contribution in [0.4, 0.5) is 15.2 Å². The molecule has 2 amide bonds. The number of benzene rings is 2. The third-order valence-corrected chi connectivity index (χ3v) is 5.93. The molecule has 31 heavy (non-hydrogen) atoms. The van der Waals surface area contributed by atoms with Crippen molar-refractivity contribution in [2.45, 2.75) is 25.8 Å². The van der Waals surface area contributed by atoms with Crippen LogP contribution in [0.15, 0.2) is 53.9 Å². The average Bonchev–Trinajstić information content (AvgIpc) is 3.41. The van der Waals surface area contributed by atoms with E-state index in [2.05, 4.69) is 20.5 Å². The number of thiazole rings is 1. The van der Waals surface area contributed by atoms with E-state index in [4.69, 9.17) is 0 Å². The normalized spacial score (nSPS) is 14.9. The molecule has 1 unspecified atom stereocenters. The van der Waals surface area contributed by atoms with Crippen molar-refractivity contribution in [3.8, 4) is 11.3 Å². The summed E-state index contributed by atoms with van der Waals surface area (Å²) in [5.41, 5.74) is 2.07. The first-order chi connectivity index (χ1) is 15.0. The highest BCUT2D eigenvalue weighted by molar-refractivity contribution is 7.14. The summed E-state index contributed by atoms with van der Waals surface area (Å²) in [6, 6.07) is 13.8. The van der Waals surface area contributed by atoms with Gasteiger partial charge in [-0.25, -0.2) is 9.37 Å². The Kier molecular flexibility index (Phi) is 6.39. The maximum Gasteiger partial charge on any atom is 0.248 e. The number of nitrogens with one attached hydrogen (secondary N) is 2. The van der Waals surface area contributed by atoms with Gasteiger partial charge in [0.15, 0.2) is 5.13 Å². The van der Waals surface area contributed by atoms with Gasteiger partial charge in [-0.3, -0.25) is 14.5 Å². The summed E-state index contributed by atoms with van der Waals surface area (Å²) in [4.78, 5) is 30.9. The zero-order valence-electron chi connectivity index (χ0n) is 17.1. The zero-order chi connectivity index (χ0) is 21.8. The summed E-state index contributed by atoms with van der Waals surface area (Å²) in [5, 5.41) is 7.59. The van der Waals surface area contributed by atoms with Crippen LogP contribution in [-0.4, -0.2) is 34.8 Å². The lowest BCUT2D eigenvalue weighted by Gasteiger charge is -2.26. The lowest BCUT2D eigenvalue weighted by atomic mass is 10.0. The molecule has 1 fully saturated rings. The van der Waals surface area contributed by atoms with E-state index in [1.807, 2.05) is 30.3 Å². The standard InChI is InChI=1S/C23H23FN4O2S/c1-15(29)25-17-9-10-18(19(24)13-17)20-14-31-23(26-20)27-22(30)21(28-11-5-6-12-28)16-7-3-2-4-8-16/h2-4,7-10,13-14,21H,5-6,11-12H2,1H3,(H,25,29)(H,26,27,30). The minimum Gasteiger partial charge on any atom is -0.326 e. The van der Waals surface area contributed by atoms with Crippen LogP contribution in [0.3, 0.4) is 0 Å². The molecular weight excluding hydrogens is 415 g/mol. The fourth-order valence-electron chi connectivity index (χ4n) is 3.80. The second-order valence-corrected chi connectivity index (χ2v) is 8.32. The third kappa shape index (κ3) is 4.98. The molecule has 6 nitrogen and oxygen atoms in total. The number of carbonyl (C=O) groups is 2. The van der Waals surface area contributed by atoms with E-state index in [0.29, 0.717) is 22.1 Å². The highest BCUT2D eigenvalue weighted by Gasteiger charge is 2.30. The second-order valence-electron chi connectivity index (χ2n) is 7.46. The van der Waals surface area contributed by atoms with Gasteiger partial charge in [-0.2, -0.15) is 0 Å². The quantitative estimate of drug-likeness (QED) is 0.586. The monoisotopic (exact) mass is 438 g/mol. The van der Waals surface area contributed by atoms with Crippen molar-refractivity contribution in [1.82, 2.24) is 9.88 Å². The molecule has 160 valence electrons. The topological polar surface area (TPSA) is 74.3 Å². The molecule has 2 aromatic carbocycles. The molecule has 4 rings (SSSR count). The summed E-state index contributed by atoms with van der Waals surface area (Å²) < 4.78 is 14.5. The molecule has 8 heteroatoms. The minimum atomic E-state index is -0.492. The molecule has 1 aliphatic heterocycles. The maximum atomic E-state index is 14.5. The number of hydrogen-bond acceptors (Lipinski definition) is 5. The third-order valence-electron chi connectivity index (χ3n) is 5.17. The number of halogens is 1. The number of likely N-dealkylation sites (tertiary alicyclic amines) is 1. The Morgan fingerprint density at radius 2 is 1.84 bits per heavy atom. The van der Waals surface area contributed by atoms with Crippen molar-refractivity contribution < 1.29 is 14.0 Å². The fraction of sp³-hybridized carbons (Fsp3) is 0.261. The van der Waals surface area contributed by atoms with Gasteiger partial charge in [0.2, 0.25) is 11.8 Å². The molecular formula is C23H23FN4O2S. The molecule has 0 aliphatic carbocycles. The van der Waals surface area contributed by atoms with Crippen molar-refractivity contribution in [1.29, 1.82) is 0 Å². The molecule has 0 radical (unpaired) electrons. The number of aromatic nitrogens is 1. The van der Waals surface area contributed by atoms with Gasteiger partial charge in [-0.05, 0) is 49.7 Å². The van der Waals surface area contributed by atoms with Crippen molar-refractivity contribution >= 4 is 34.0 Å². The summed E-state index contributed by atoms with van der Waals surface area (Å²) in [5.74, 6) is -0.902. The van der Waals surface area contributed by atoms with Gasteiger partial charge in [0, 0.05) is 23.6 Å². The van der Waals surface area contributed by atoms with Crippen LogP contribution >= 0.6 is 11.3 Å². The van der Waals surface area contributed by atoms with Gasteiger partial charge < -0.3 is 10.6 Å². The lowest BCUT2D eigenvalue weighted by molar-refractivity contribution is -0.121. The van der Waals surface area contributed by atoms with Crippen LogP contribution in [0.1, 0.15) is 31.4 Å². The van der Waals surface area contributed by atoms with E-state index in [9.17, 15) is 14.0 Å². The van der Waals surface area contributed by atoms with Crippen molar-refractivity contribution in [3.63, 3.8) is 0 Å². The lowest BCUT2D eigenvalue weighted by Crippen LogP contribution is -2.35. The fourth-order valence-corrected chi connectivity index (χ4v) is 4.51. The van der Waals surface area contributed by atoms with Crippen LogP contribution < -0.4 is 10.6 Å². The first kappa shape index (κ1) is 21.1. The predicted molar refractivity (Wildman–Crippen MR) is 120 cm³/mol. The highest BCUT2D eigenvalue weighted by Crippen LogP contribution is 2.31. The Morgan fingerprint density at radius 1 is 1.10 bits per heavy atom. The number of nitrogens with zero attached hydrogens (tertiary/aromatic N) is 2. The smallest absolute Gasteiger partial charge is 0.248 e. The molecule has 0 bridgehead atoms.